The highest BCUT2D eigenvalue weighted by Gasteiger charge is 2.25. The van der Waals surface area contributed by atoms with Gasteiger partial charge in [0.2, 0.25) is 5.91 Å². The van der Waals surface area contributed by atoms with E-state index in [4.69, 9.17) is 9.15 Å². The van der Waals surface area contributed by atoms with Gasteiger partial charge in [0, 0.05) is 33.2 Å². The molecule has 2 aromatic rings. The Morgan fingerprint density at radius 2 is 2.07 bits per heavy atom. The van der Waals surface area contributed by atoms with Gasteiger partial charge in [-0.25, -0.2) is 0 Å². The molecule has 1 saturated heterocycles. The molecule has 1 unspecified atom stereocenters. The number of thiophene rings is 1. The lowest BCUT2D eigenvalue weighted by Gasteiger charge is -2.31. The van der Waals surface area contributed by atoms with E-state index in [1.165, 1.54) is 0 Å². The van der Waals surface area contributed by atoms with Gasteiger partial charge in [-0.3, -0.25) is 14.5 Å². The maximum atomic E-state index is 13.0. The zero-order chi connectivity index (χ0) is 19.9. The smallest absolute Gasteiger partial charge is 0.290 e. The van der Waals surface area contributed by atoms with Gasteiger partial charge in [-0.05, 0) is 29.5 Å². The van der Waals surface area contributed by atoms with Gasteiger partial charge in [-0.1, -0.05) is 13.0 Å². The summed E-state index contributed by atoms with van der Waals surface area (Å²) in [6.07, 6.45) is 0. The number of nitrogens with one attached hydrogen (secondary N) is 1. The number of ether oxygens (including phenoxy) is 1. The van der Waals surface area contributed by atoms with Crippen molar-refractivity contribution in [3.8, 4) is 10.6 Å². The summed E-state index contributed by atoms with van der Waals surface area (Å²) in [7, 11) is 1.57. The van der Waals surface area contributed by atoms with Crippen molar-refractivity contribution in [3.05, 3.63) is 35.4 Å². The summed E-state index contributed by atoms with van der Waals surface area (Å²) in [6.45, 7) is 6.73. The van der Waals surface area contributed by atoms with E-state index < -0.39 is 0 Å². The maximum Gasteiger partial charge on any atom is 0.290 e. The van der Waals surface area contributed by atoms with Crippen LogP contribution in [0.3, 0.4) is 0 Å². The first kappa shape index (κ1) is 20.6. The summed E-state index contributed by atoms with van der Waals surface area (Å²) in [4.78, 5) is 29.9. The summed E-state index contributed by atoms with van der Waals surface area (Å²) in [5.41, 5.74) is 0. The lowest BCUT2D eigenvalue weighted by atomic mass is 10.1. The van der Waals surface area contributed by atoms with Crippen molar-refractivity contribution in [3.63, 3.8) is 0 Å². The summed E-state index contributed by atoms with van der Waals surface area (Å²) < 4.78 is 11.2. The molecule has 0 radical (unpaired) electrons. The lowest BCUT2D eigenvalue weighted by molar-refractivity contribution is -0.121. The molecule has 0 aliphatic carbocycles. The first-order valence-electron chi connectivity index (χ1n) is 9.50. The van der Waals surface area contributed by atoms with Crippen LogP contribution in [0, 0.1) is 5.92 Å². The van der Waals surface area contributed by atoms with E-state index in [9.17, 15) is 9.59 Å². The average Bonchev–Trinajstić information content (AvgIpc) is 3.39. The Labute approximate surface area is 169 Å². The first-order chi connectivity index (χ1) is 13.6. The molecule has 8 heteroatoms. The van der Waals surface area contributed by atoms with Gasteiger partial charge >= 0.3 is 0 Å². The number of furan rings is 1. The minimum atomic E-state index is -0.264. The molecule has 0 bridgehead atoms. The Hall–Kier alpha value is -2.16. The Bertz CT molecular complexity index is 768. The average molecular weight is 406 g/mol. The molecule has 2 aromatic heterocycles. The number of nitrogens with zero attached hydrogens (tertiary/aromatic N) is 2. The van der Waals surface area contributed by atoms with Crippen LogP contribution >= 0.6 is 11.3 Å². The number of hydrogen-bond donors (Lipinski definition) is 1. The molecular formula is C20H27N3O4S. The van der Waals surface area contributed by atoms with Gasteiger partial charge in [0.15, 0.2) is 5.76 Å². The van der Waals surface area contributed by atoms with Gasteiger partial charge in [0.05, 0.1) is 24.6 Å². The second kappa shape index (κ2) is 9.86. The fourth-order valence-corrected chi connectivity index (χ4v) is 3.98. The first-order valence-corrected chi connectivity index (χ1v) is 10.4. The molecule has 1 aliphatic rings. The second-order valence-corrected chi connectivity index (χ2v) is 7.97. The van der Waals surface area contributed by atoms with Gasteiger partial charge in [-0.15, -0.1) is 11.3 Å². The molecule has 3 rings (SSSR count). The molecule has 1 aliphatic heterocycles. The Morgan fingerprint density at radius 1 is 1.29 bits per heavy atom. The lowest BCUT2D eigenvalue weighted by Crippen LogP contribution is -2.45. The third-order valence-corrected chi connectivity index (χ3v) is 5.57. The van der Waals surface area contributed by atoms with Crippen LogP contribution in [0.1, 0.15) is 17.5 Å². The zero-order valence-corrected chi connectivity index (χ0v) is 17.2. The van der Waals surface area contributed by atoms with Crippen molar-refractivity contribution in [2.75, 3.05) is 53.0 Å². The van der Waals surface area contributed by atoms with E-state index in [1.54, 1.807) is 35.4 Å². The molecule has 28 heavy (non-hydrogen) atoms. The molecule has 1 N–H and O–H groups in total. The van der Waals surface area contributed by atoms with Crippen LogP contribution in [0.5, 0.6) is 0 Å². The Kier molecular flexibility index (Phi) is 7.24. The third-order valence-electron chi connectivity index (χ3n) is 4.69. The summed E-state index contributed by atoms with van der Waals surface area (Å²) >= 11 is 1.56. The summed E-state index contributed by atoms with van der Waals surface area (Å²) in [5, 5.41) is 4.56. The van der Waals surface area contributed by atoms with E-state index >= 15 is 0 Å². The van der Waals surface area contributed by atoms with Crippen molar-refractivity contribution in [2.24, 2.45) is 5.92 Å². The predicted molar refractivity (Wildman–Crippen MR) is 108 cm³/mol. The monoisotopic (exact) mass is 405 g/mol. The molecule has 0 spiro atoms. The van der Waals surface area contributed by atoms with Gasteiger partial charge < -0.3 is 19.4 Å². The predicted octanol–water partition coefficient (Wildman–Crippen LogP) is 2.16. The number of rotatable bonds is 8. The molecule has 1 fully saturated rings. The molecule has 0 aromatic carbocycles. The molecular weight excluding hydrogens is 378 g/mol. The quantitative estimate of drug-likeness (QED) is 0.729. The minimum Gasteiger partial charge on any atom is -0.450 e. The standard InChI is InChI=1S/C20H27N3O4S/c1-15(12-22-7-9-26-10-8-22)13-23(14-19(24)21-2)20(25)17-6-5-16(27-17)18-4-3-11-28-18/h3-6,11,15H,7-10,12-14H2,1-2H3,(H,21,24). The van der Waals surface area contributed by atoms with Crippen LogP contribution in [0.4, 0.5) is 0 Å². The topological polar surface area (TPSA) is 75.0 Å². The highest BCUT2D eigenvalue weighted by Crippen LogP contribution is 2.27. The highest BCUT2D eigenvalue weighted by atomic mass is 32.1. The summed E-state index contributed by atoms with van der Waals surface area (Å²) in [5.74, 6) is 0.682. The maximum absolute atomic E-state index is 13.0. The van der Waals surface area contributed by atoms with E-state index in [0.717, 1.165) is 37.7 Å². The molecule has 3 heterocycles. The van der Waals surface area contributed by atoms with Gasteiger partial charge in [-0.2, -0.15) is 0 Å². The van der Waals surface area contributed by atoms with Crippen LogP contribution < -0.4 is 5.32 Å². The van der Waals surface area contributed by atoms with Gasteiger partial charge in [0.1, 0.15) is 5.76 Å². The van der Waals surface area contributed by atoms with E-state index in [1.807, 2.05) is 17.5 Å². The number of carbonyl (C=O) groups is 2. The van der Waals surface area contributed by atoms with Crippen LogP contribution in [0.2, 0.25) is 0 Å². The normalized spacial score (nSPS) is 15.9. The molecule has 152 valence electrons. The van der Waals surface area contributed by atoms with Crippen molar-refractivity contribution >= 4 is 23.2 Å². The Morgan fingerprint density at radius 3 is 2.75 bits per heavy atom. The largest absolute Gasteiger partial charge is 0.450 e. The fourth-order valence-electron chi connectivity index (χ4n) is 3.29. The summed E-state index contributed by atoms with van der Waals surface area (Å²) in [6, 6.07) is 7.37. The number of hydrogen-bond acceptors (Lipinski definition) is 6. The molecule has 2 amide bonds. The van der Waals surface area contributed by atoms with E-state index in [2.05, 4.69) is 17.1 Å². The van der Waals surface area contributed by atoms with Crippen molar-refractivity contribution in [1.82, 2.24) is 15.1 Å². The second-order valence-electron chi connectivity index (χ2n) is 7.02. The number of morpholine rings is 1. The SMILES string of the molecule is CNC(=O)CN(CC(C)CN1CCOCC1)C(=O)c1ccc(-c2cccs2)o1. The Balaban J connectivity index is 1.67. The molecule has 7 nitrogen and oxygen atoms in total. The number of carbonyl (C=O) groups excluding carboxylic acids is 2. The van der Waals surface area contributed by atoms with Crippen LogP contribution in [0.15, 0.2) is 34.1 Å². The van der Waals surface area contributed by atoms with Crippen molar-refractivity contribution in [2.45, 2.75) is 6.92 Å². The van der Waals surface area contributed by atoms with Crippen molar-refractivity contribution < 1.29 is 18.7 Å². The van der Waals surface area contributed by atoms with Crippen LogP contribution in [-0.2, 0) is 9.53 Å². The minimum absolute atomic E-state index is 0.0117. The fraction of sp³-hybridized carbons (Fsp3) is 0.500. The third kappa shape index (κ3) is 5.43. The van der Waals surface area contributed by atoms with Crippen LogP contribution in [0.25, 0.3) is 10.6 Å². The number of amides is 2. The zero-order valence-electron chi connectivity index (χ0n) is 16.3. The molecule has 1 atom stereocenters. The van der Waals surface area contributed by atoms with Crippen LogP contribution in [-0.4, -0.2) is 74.6 Å². The molecule has 0 saturated carbocycles. The highest BCUT2D eigenvalue weighted by molar-refractivity contribution is 7.13. The number of likely N-dealkylation sites (N-methyl/N-ethyl adjacent to an activating group) is 1. The van der Waals surface area contributed by atoms with E-state index in [-0.39, 0.29) is 30.0 Å². The van der Waals surface area contributed by atoms with E-state index in [0.29, 0.717) is 12.3 Å². The van der Waals surface area contributed by atoms with Gasteiger partial charge in [0.25, 0.3) is 5.91 Å². The van der Waals surface area contributed by atoms with Crippen molar-refractivity contribution in [1.29, 1.82) is 0 Å².